The van der Waals surface area contributed by atoms with E-state index in [2.05, 4.69) is 4.74 Å². The number of carbonyl (C=O) groups excluding carboxylic acids is 1. The number of hydrogen-bond donors (Lipinski definition) is 0. The zero-order valence-corrected chi connectivity index (χ0v) is 7.94. The Morgan fingerprint density at radius 2 is 2.23 bits per heavy atom. The molecule has 0 fully saturated rings. The van der Waals surface area contributed by atoms with Gasteiger partial charge in [-0.3, -0.25) is 0 Å². The molecule has 0 aromatic carbocycles. The number of esters is 1. The fourth-order valence-corrected chi connectivity index (χ4v) is 0.696. The molecule has 0 heterocycles. The van der Waals surface area contributed by atoms with Crippen molar-refractivity contribution in [3.05, 3.63) is 0 Å². The SMILES string of the molecule is CCOC(C)OC(=O)C(C#N)OC. The summed E-state index contributed by atoms with van der Waals surface area (Å²) in [7, 11) is 1.26. The van der Waals surface area contributed by atoms with Crippen molar-refractivity contribution in [3.63, 3.8) is 0 Å². The second-order valence-corrected chi connectivity index (χ2v) is 2.20. The summed E-state index contributed by atoms with van der Waals surface area (Å²) in [5, 5.41) is 8.42. The van der Waals surface area contributed by atoms with Crippen LogP contribution in [0.5, 0.6) is 0 Å². The molecule has 0 bridgehead atoms. The quantitative estimate of drug-likeness (QED) is 0.461. The Kier molecular flexibility index (Phi) is 5.85. The number of hydrogen-bond acceptors (Lipinski definition) is 5. The molecule has 0 saturated heterocycles. The zero-order valence-electron chi connectivity index (χ0n) is 7.94. The number of carbonyl (C=O) groups is 1. The van der Waals surface area contributed by atoms with Crippen LogP contribution in [0.15, 0.2) is 0 Å². The Hall–Kier alpha value is -1.12. The lowest BCUT2D eigenvalue weighted by atomic mass is 10.4. The fourth-order valence-electron chi connectivity index (χ4n) is 0.696. The molecule has 0 aliphatic heterocycles. The molecule has 2 atom stereocenters. The van der Waals surface area contributed by atoms with Crippen LogP contribution in [0.4, 0.5) is 0 Å². The first-order valence-corrected chi connectivity index (χ1v) is 3.90. The van der Waals surface area contributed by atoms with E-state index in [1.54, 1.807) is 19.9 Å². The maximum atomic E-state index is 11.0. The summed E-state index contributed by atoms with van der Waals surface area (Å²) in [6.07, 6.45) is -1.83. The number of ether oxygens (including phenoxy) is 3. The summed E-state index contributed by atoms with van der Waals surface area (Å²) >= 11 is 0. The van der Waals surface area contributed by atoms with E-state index in [4.69, 9.17) is 14.7 Å². The lowest BCUT2D eigenvalue weighted by Gasteiger charge is -2.14. The van der Waals surface area contributed by atoms with E-state index in [-0.39, 0.29) is 0 Å². The molecule has 5 nitrogen and oxygen atoms in total. The minimum Gasteiger partial charge on any atom is -0.433 e. The Morgan fingerprint density at radius 3 is 2.62 bits per heavy atom. The van der Waals surface area contributed by atoms with Gasteiger partial charge in [-0.05, 0) is 13.8 Å². The van der Waals surface area contributed by atoms with Gasteiger partial charge in [0.15, 0.2) is 6.29 Å². The first-order chi connectivity index (χ1) is 6.15. The van der Waals surface area contributed by atoms with E-state index < -0.39 is 18.4 Å². The van der Waals surface area contributed by atoms with Crippen molar-refractivity contribution in [2.24, 2.45) is 0 Å². The topological polar surface area (TPSA) is 68.5 Å². The third kappa shape index (κ3) is 4.45. The van der Waals surface area contributed by atoms with Gasteiger partial charge in [-0.1, -0.05) is 0 Å². The second-order valence-electron chi connectivity index (χ2n) is 2.20. The highest BCUT2D eigenvalue weighted by Gasteiger charge is 2.20. The van der Waals surface area contributed by atoms with Gasteiger partial charge in [0.25, 0.3) is 0 Å². The van der Waals surface area contributed by atoms with Crippen LogP contribution in [0.1, 0.15) is 13.8 Å². The zero-order chi connectivity index (χ0) is 10.3. The molecule has 0 aromatic rings. The largest absolute Gasteiger partial charge is 0.433 e. The van der Waals surface area contributed by atoms with Crippen LogP contribution < -0.4 is 0 Å². The molecule has 5 heteroatoms. The predicted molar refractivity (Wildman–Crippen MR) is 43.6 cm³/mol. The fraction of sp³-hybridized carbons (Fsp3) is 0.750. The molecule has 13 heavy (non-hydrogen) atoms. The standard InChI is InChI=1S/C8H13NO4/c1-4-12-6(2)13-8(10)7(5-9)11-3/h6-7H,4H2,1-3H3. The summed E-state index contributed by atoms with van der Waals surface area (Å²) in [6.45, 7) is 3.80. The van der Waals surface area contributed by atoms with Gasteiger partial charge < -0.3 is 14.2 Å². The normalized spacial score (nSPS) is 14.3. The maximum absolute atomic E-state index is 11.0. The van der Waals surface area contributed by atoms with E-state index in [0.29, 0.717) is 6.61 Å². The van der Waals surface area contributed by atoms with Gasteiger partial charge in [0.1, 0.15) is 6.07 Å². The summed E-state index contributed by atoms with van der Waals surface area (Å²) in [5.41, 5.74) is 0. The molecule has 0 aliphatic carbocycles. The summed E-state index contributed by atoms with van der Waals surface area (Å²) in [5.74, 6) is -0.731. The highest BCUT2D eigenvalue weighted by molar-refractivity contribution is 5.77. The molecule has 2 unspecified atom stereocenters. The average Bonchev–Trinajstić information content (AvgIpc) is 2.06. The van der Waals surface area contributed by atoms with E-state index in [1.807, 2.05) is 0 Å². The van der Waals surface area contributed by atoms with Crippen LogP contribution in [0.2, 0.25) is 0 Å². The minimum atomic E-state index is -1.18. The van der Waals surface area contributed by atoms with E-state index in [9.17, 15) is 4.79 Å². The molecule has 0 aromatic heterocycles. The third-order valence-electron chi connectivity index (χ3n) is 1.25. The smallest absolute Gasteiger partial charge is 0.352 e. The molecular weight excluding hydrogens is 174 g/mol. The Balaban J connectivity index is 3.92. The minimum absolute atomic E-state index is 0.443. The van der Waals surface area contributed by atoms with Crippen LogP contribution in [-0.4, -0.2) is 32.1 Å². The number of methoxy groups -OCH3 is 1. The first kappa shape index (κ1) is 11.9. The summed E-state index contributed by atoms with van der Waals surface area (Å²) in [4.78, 5) is 11.0. The highest BCUT2D eigenvalue weighted by Crippen LogP contribution is 1.98. The van der Waals surface area contributed by atoms with Crippen LogP contribution in [-0.2, 0) is 19.0 Å². The van der Waals surface area contributed by atoms with Crippen molar-refractivity contribution in [2.45, 2.75) is 26.2 Å². The highest BCUT2D eigenvalue weighted by atomic mass is 16.7. The molecule has 0 amide bonds. The molecule has 0 rings (SSSR count). The van der Waals surface area contributed by atoms with Gasteiger partial charge in [-0.15, -0.1) is 0 Å². The Labute approximate surface area is 77.2 Å². The molecule has 0 spiro atoms. The van der Waals surface area contributed by atoms with Gasteiger partial charge in [0.05, 0.1) is 0 Å². The van der Waals surface area contributed by atoms with E-state index in [1.165, 1.54) is 7.11 Å². The van der Waals surface area contributed by atoms with Crippen LogP contribution >= 0.6 is 0 Å². The number of nitriles is 1. The summed E-state index contributed by atoms with van der Waals surface area (Å²) < 4.78 is 14.2. The number of rotatable bonds is 5. The Bertz CT molecular complexity index is 199. The molecule has 0 N–H and O–H groups in total. The van der Waals surface area contributed by atoms with Crippen molar-refractivity contribution in [1.82, 2.24) is 0 Å². The third-order valence-corrected chi connectivity index (χ3v) is 1.25. The molecule has 0 radical (unpaired) electrons. The molecular formula is C8H13NO4. The molecule has 0 saturated carbocycles. The van der Waals surface area contributed by atoms with E-state index in [0.717, 1.165) is 0 Å². The van der Waals surface area contributed by atoms with Gasteiger partial charge in [-0.2, -0.15) is 5.26 Å². The van der Waals surface area contributed by atoms with Gasteiger partial charge >= 0.3 is 5.97 Å². The Morgan fingerprint density at radius 1 is 1.62 bits per heavy atom. The van der Waals surface area contributed by atoms with Crippen LogP contribution in [0.3, 0.4) is 0 Å². The van der Waals surface area contributed by atoms with Crippen LogP contribution in [0.25, 0.3) is 0 Å². The first-order valence-electron chi connectivity index (χ1n) is 3.90. The molecule has 0 aliphatic rings. The monoisotopic (exact) mass is 187 g/mol. The van der Waals surface area contributed by atoms with Crippen molar-refractivity contribution >= 4 is 5.97 Å². The van der Waals surface area contributed by atoms with Crippen molar-refractivity contribution in [2.75, 3.05) is 13.7 Å². The summed E-state index contributed by atoms with van der Waals surface area (Å²) in [6, 6.07) is 1.65. The van der Waals surface area contributed by atoms with Crippen molar-refractivity contribution < 1.29 is 19.0 Å². The average molecular weight is 187 g/mol. The number of nitrogens with zero attached hydrogens (tertiary/aromatic N) is 1. The van der Waals surface area contributed by atoms with Gasteiger partial charge in [0, 0.05) is 13.7 Å². The second kappa shape index (κ2) is 6.40. The van der Waals surface area contributed by atoms with Crippen molar-refractivity contribution in [3.8, 4) is 6.07 Å². The lowest BCUT2D eigenvalue weighted by molar-refractivity contribution is -0.181. The predicted octanol–water partition coefficient (Wildman–Crippen LogP) is 0.451. The maximum Gasteiger partial charge on any atom is 0.352 e. The van der Waals surface area contributed by atoms with Crippen molar-refractivity contribution in [1.29, 1.82) is 5.26 Å². The van der Waals surface area contributed by atoms with Crippen LogP contribution in [0, 0.1) is 11.3 Å². The van der Waals surface area contributed by atoms with E-state index >= 15 is 0 Å². The lowest BCUT2D eigenvalue weighted by Crippen LogP contribution is -2.28. The van der Waals surface area contributed by atoms with Gasteiger partial charge in [0.2, 0.25) is 6.10 Å². The molecule has 74 valence electrons. The van der Waals surface area contributed by atoms with Gasteiger partial charge in [-0.25, -0.2) is 4.79 Å².